The van der Waals surface area contributed by atoms with Crippen LogP contribution in [0.4, 0.5) is 5.69 Å². The Morgan fingerprint density at radius 3 is 2.24 bits per heavy atom. The highest BCUT2D eigenvalue weighted by atomic mass is 16.1. The van der Waals surface area contributed by atoms with E-state index in [1.54, 1.807) is 0 Å². The Morgan fingerprint density at radius 1 is 0.966 bits per heavy atom. The van der Waals surface area contributed by atoms with Crippen LogP contribution in [0.1, 0.15) is 37.8 Å². The Hall–Kier alpha value is -2.33. The number of hydrogen-bond donors (Lipinski definition) is 1. The van der Waals surface area contributed by atoms with Crippen LogP contribution in [0.2, 0.25) is 0 Å². The normalized spacial score (nSPS) is 15.2. The van der Waals surface area contributed by atoms with E-state index in [-0.39, 0.29) is 11.8 Å². The quantitative estimate of drug-likeness (QED) is 0.697. The minimum atomic E-state index is 0.159. The van der Waals surface area contributed by atoms with Crippen molar-refractivity contribution in [3.8, 4) is 0 Å². The Morgan fingerprint density at radius 2 is 1.62 bits per heavy atom. The molecule has 1 amide bonds. The topological polar surface area (TPSA) is 35.6 Å². The molecule has 1 saturated heterocycles. The average Bonchev–Trinajstić information content (AvgIpc) is 2.77. The summed E-state index contributed by atoms with van der Waals surface area (Å²) in [5, 5.41) is 3.13. The molecule has 0 spiro atoms. The summed E-state index contributed by atoms with van der Waals surface area (Å²) in [7, 11) is 0. The van der Waals surface area contributed by atoms with Gasteiger partial charge in [0.1, 0.15) is 0 Å². The van der Waals surface area contributed by atoms with E-state index >= 15 is 0 Å². The molecule has 0 aliphatic carbocycles. The number of likely N-dealkylation sites (tertiary alicyclic amines) is 1. The first kappa shape index (κ1) is 21.4. The first-order valence-corrected chi connectivity index (χ1v) is 11.1. The number of anilines is 1. The molecule has 2 aromatic rings. The zero-order valence-corrected chi connectivity index (χ0v) is 17.9. The van der Waals surface area contributed by atoms with Gasteiger partial charge in [-0.2, -0.15) is 0 Å². The molecular formula is C25H35N3O. The highest BCUT2D eigenvalue weighted by Gasteiger charge is 2.24. The number of nitrogens with one attached hydrogen (secondary N) is 1. The van der Waals surface area contributed by atoms with Gasteiger partial charge in [0, 0.05) is 37.8 Å². The van der Waals surface area contributed by atoms with Crippen molar-refractivity contribution in [3.05, 3.63) is 65.7 Å². The van der Waals surface area contributed by atoms with E-state index in [4.69, 9.17) is 0 Å². The third-order valence-corrected chi connectivity index (χ3v) is 5.99. The molecule has 4 heteroatoms. The van der Waals surface area contributed by atoms with Crippen LogP contribution >= 0.6 is 0 Å². The highest BCUT2D eigenvalue weighted by molar-refractivity contribution is 5.78. The van der Waals surface area contributed by atoms with E-state index in [0.29, 0.717) is 0 Å². The molecule has 0 aromatic heterocycles. The van der Waals surface area contributed by atoms with E-state index in [2.05, 4.69) is 65.4 Å². The summed E-state index contributed by atoms with van der Waals surface area (Å²) >= 11 is 0. The lowest BCUT2D eigenvalue weighted by Crippen LogP contribution is -2.40. The SMILES string of the molecule is CCN(CC)c1ccc(CN2CCC(C(=O)NCCc3ccccc3)CC2)cc1. The first-order valence-electron chi connectivity index (χ1n) is 11.1. The number of piperidine rings is 1. The zero-order valence-electron chi connectivity index (χ0n) is 17.9. The van der Waals surface area contributed by atoms with Gasteiger partial charge in [-0.1, -0.05) is 42.5 Å². The van der Waals surface area contributed by atoms with Crippen LogP contribution in [0.3, 0.4) is 0 Å². The summed E-state index contributed by atoms with van der Waals surface area (Å²) in [4.78, 5) is 17.3. The van der Waals surface area contributed by atoms with E-state index in [9.17, 15) is 4.79 Å². The molecule has 2 aromatic carbocycles. The molecule has 156 valence electrons. The number of amides is 1. The maximum absolute atomic E-state index is 12.5. The fourth-order valence-corrected chi connectivity index (χ4v) is 4.13. The van der Waals surface area contributed by atoms with Gasteiger partial charge in [-0.25, -0.2) is 0 Å². The van der Waals surface area contributed by atoms with Crippen molar-refractivity contribution >= 4 is 11.6 Å². The molecule has 0 radical (unpaired) electrons. The fourth-order valence-electron chi connectivity index (χ4n) is 4.13. The fraction of sp³-hybridized carbons (Fsp3) is 0.480. The Bertz CT molecular complexity index is 732. The largest absolute Gasteiger partial charge is 0.372 e. The molecule has 1 fully saturated rings. The van der Waals surface area contributed by atoms with Gasteiger partial charge < -0.3 is 10.2 Å². The van der Waals surface area contributed by atoms with Gasteiger partial charge >= 0.3 is 0 Å². The van der Waals surface area contributed by atoms with Gasteiger partial charge in [-0.05, 0) is 69.5 Å². The molecule has 0 saturated carbocycles. The van der Waals surface area contributed by atoms with Crippen LogP contribution in [0.5, 0.6) is 0 Å². The van der Waals surface area contributed by atoms with Crippen LogP contribution < -0.4 is 10.2 Å². The lowest BCUT2D eigenvalue weighted by atomic mass is 9.95. The van der Waals surface area contributed by atoms with Crippen molar-refractivity contribution in [2.75, 3.05) is 37.6 Å². The Balaban J connectivity index is 1.39. The summed E-state index contributed by atoms with van der Waals surface area (Å²) in [6.07, 6.45) is 2.80. The van der Waals surface area contributed by atoms with Gasteiger partial charge in [0.15, 0.2) is 0 Å². The minimum absolute atomic E-state index is 0.159. The van der Waals surface area contributed by atoms with Crippen molar-refractivity contribution in [3.63, 3.8) is 0 Å². The molecular weight excluding hydrogens is 358 g/mol. The summed E-state index contributed by atoms with van der Waals surface area (Å²) < 4.78 is 0. The van der Waals surface area contributed by atoms with Crippen molar-refractivity contribution in [2.24, 2.45) is 5.92 Å². The summed E-state index contributed by atoms with van der Waals surface area (Å²) in [6.45, 7) is 10.2. The molecule has 0 unspecified atom stereocenters. The number of rotatable bonds is 9. The highest BCUT2D eigenvalue weighted by Crippen LogP contribution is 2.21. The smallest absolute Gasteiger partial charge is 0.223 e. The second-order valence-electron chi connectivity index (χ2n) is 7.92. The first-order chi connectivity index (χ1) is 14.2. The average molecular weight is 394 g/mol. The molecule has 29 heavy (non-hydrogen) atoms. The van der Waals surface area contributed by atoms with Gasteiger partial charge in [-0.3, -0.25) is 9.69 Å². The van der Waals surface area contributed by atoms with Gasteiger partial charge in [0.05, 0.1) is 0 Å². The van der Waals surface area contributed by atoms with Crippen LogP contribution in [0.15, 0.2) is 54.6 Å². The molecule has 1 aliphatic rings. The van der Waals surface area contributed by atoms with Crippen molar-refractivity contribution in [1.29, 1.82) is 0 Å². The number of nitrogens with zero attached hydrogens (tertiary/aromatic N) is 2. The molecule has 0 atom stereocenters. The van der Waals surface area contributed by atoms with Gasteiger partial charge in [-0.15, -0.1) is 0 Å². The maximum atomic E-state index is 12.5. The van der Waals surface area contributed by atoms with Crippen LogP contribution in [0, 0.1) is 5.92 Å². The summed E-state index contributed by atoms with van der Waals surface area (Å²) in [6, 6.07) is 19.3. The molecule has 0 bridgehead atoms. The lowest BCUT2D eigenvalue weighted by Gasteiger charge is -2.31. The minimum Gasteiger partial charge on any atom is -0.372 e. The monoisotopic (exact) mass is 393 g/mol. The van der Waals surface area contributed by atoms with Crippen LogP contribution in [-0.4, -0.2) is 43.5 Å². The predicted octanol–water partition coefficient (Wildman–Crippen LogP) is 4.10. The third-order valence-electron chi connectivity index (χ3n) is 5.99. The van der Waals surface area contributed by atoms with Gasteiger partial charge in [0.2, 0.25) is 5.91 Å². The van der Waals surface area contributed by atoms with Crippen molar-refractivity contribution < 1.29 is 4.79 Å². The van der Waals surface area contributed by atoms with E-state index in [1.807, 2.05) is 18.2 Å². The maximum Gasteiger partial charge on any atom is 0.223 e. The summed E-state index contributed by atoms with van der Waals surface area (Å²) in [5.41, 5.74) is 3.92. The van der Waals surface area contributed by atoms with Crippen LogP contribution in [0.25, 0.3) is 0 Å². The predicted molar refractivity (Wildman–Crippen MR) is 121 cm³/mol. The standard InChI is InChI=1S/C25H35N3O/c1-3-28(4-2)24-12-10-22(11-13-24)20-27-18-15-23(16-19-27)25(29)26-17-14-21-8-6-5-7-9-21/h5-13,23H,3-4,14-20H2,1-2H3,(H,26,29). The van der Waals surface area contributed by atoms with E-state index in [1.165, 1.54) is 16.8 Å². The van der Waals surface area contributed by atoms with Crippen molar-refractivity contribution in [2.45, 2.75) is 39.7 Å². The summed E-state index contributed by atoms with van der Waals surface area (Å²) in [5.74, 6) is 0.385. The van der Waals surface area contributed by atoms with E-state index < -0.39 is 0 Å². The number of carbonyl (C=O) groups excluding carboxylic acids is 1. The Kier molecular flexibility index (Phi) is 8.12. The number of benzene rings is 2. The third kappa shape index (κ3) is 6.33. The van der Waals surface area contributed by atoms with Gasteiger partial charge in [0.25, 0.3) is 0 Å². The van der Waals surface area contributed by atoms with Crippen LogP contribution in [-0.2, 0) is 17.8 Å². The zero-order chi connectivity index (χ0) is 20.5. The molecule has 1 aliphatic heterocycles. The van der Waals surface area contributed by atoms with Crippen molar-refractivity contribution in [1.82, 2.24) is 10.2 Å². The number of carbonyl (C=O) groups is 1. The van der Waals surface area contributed by atoms with E-state index in [0.717, 1.165) is 58.5 Å². The Labute approximate surface area is 175 Å². The number of hydrogen-bond acceptors (Lipinski definition) is 3. The molecule has 1 N–H and O–H groups in total. The second-order valence-corrected chi connectivity index (χ2v) is 7.92. The second kappa shape index (κ2) is 11.0. The molecule has 3 rings (SSSR count). The molecule has 4 nitrogen and oxygen atoms in total. The lowest BCUT2D eigenvalue weighted by molar-refractivity contribution is -0.126. The molecule has 1 heterocycles.